The molecule has 0 aliphatic carbocycles. The number of hydrogen-bond donors (Lipinski definition) is 0. The van der Waals surface area contributed by atoms with E-state index in [1.807, 2.05) is 11.4 Å². The van der Waals surface area contributed by atoms with Crippen molar-refractivity contribution < 1.29 is 13.2 Å². The van der Waals surface area contributed by atoms with Crippen molar-refractivity contribution in [1.29, 1.82) is 0 Å². The molecule has 3 aromatic heterocycles. The summed E-state index contributed by atoms with van der Waals surface area (Å²) < 4.78 is 42.2. The molecule has 5 rings (SSSR count). The SMILES string of the molecule is Cn1c(N2CC3CN(c4ncccc4C(F)(F)F)CC3C2)nc2ccsc2c1=O. The van der Waals surface area contributed by atoms with Gasteiger partial charge in [-0.25, -0.2) is 9.97 Å². The summed E-state index contributed by atoms with van der Waals surface area (Å²) in [6, 6.07) is 4.24. The summed E-state index contributed by atoms with van der Waals surface area (Å²) in [5, 5.41) is 1.85. The fourth-order valence-electron chi connectivity index (χ4n) is 4.46. The minimum atomic E-state index is -4.43. The van der Waals surface area contributed by atoms with E-state index in [1.165, 1.54) is 23.6 Å². The summed E-state index contributed by atoms with van der Waals surface area (Å²) in [4.78, 5) is 25.1. The van der Waals surface area contributed by atoms with Gasteiger partial charge in [-0.3, -0.25) is 9.36 Å². The van der Waals surface area contributed by atoms with Gasteiger partial charge in [-0.05, 0) is 23.6 Å². The second-order valence-electron chi connectivity index (χ2n) is 7.61. The predicted molar refractivity (Wildman–Crippen MR) is 106 cm³/mol. The topological polar surface area (TPSA) is 54.3 Å². The van der Waals surface area contributed by atoms with Gasteiger partial charge in [-0.15, -0.1) is 11.3 Å². The van der Waals surface area contributed by atoms with Crippen LogP contribution in [0.2, 0.25) is 0 Å². The van der Waals surface area contributed by atoms with Gasteiger partial charge in [0.25, 0.3) is 5.56 Å². The number of alkyl halides is 3. The van der Waals surface area contributed by atoms with Gasteiger partial charge in [-0.1, -0.05) is 0 Å². The number of fused-ring (bicyclic) bond motifs is 2. The molecule has 0 radical (unpaired) electrons. The molecule has 2 saturated heterocycles. The minimum absolute atomic E-state index is 0.00571. The van der Waals surface area contributed by atoms with Gasteiger partial charge < -0.3 is 9.80 Å². The molecule has 0 spiro atoms. The van der Waals surface area contributed by atoms with Crippen LogP contribution in [0.5, 0.6) is 0 Å². The first-order valence-electron chi connectivity index (χ1n) is 9.29. The number of pyridine rings is 1. The van der Waals surface area contributed by atoms with Gasteiger partial charge in [0.2, 0.25) is 5.95 Å². The molecule has 10 heteroatoms. The molecule has 3 aromatic rings. The van der Waals surface area contributed by atoms with Crippen LogP contribution in [0.4, 0.5) is 24.9 Å². The Hall–Kier alpha value is -2.62. The number of aromatic nitrogens is 3. The smallest absolute Gasteiger partial charge is 0.355 e. The van der Waals surface area contributed by atoms with Crippen LogP contribution in [-0.2, 0) is 13.2 Å². The lowest BCUT2D eigenvalue weighted by Gasteiger charge is -2.25. The van der Waals surface area contributed by atoms with Gasteiger partial charge in [0, 0.05) is 51.3 Å². The molecule has 0 N–H and O–H groups in total. The second-order valence-corrected chi connectivity index (χ2v) is 8.53. The largest absolute Gasteiger partial charge is 0.419 e. The van der Waals surface area contributed by atoms with Gasteiger partial charge in [-0.2, -0.15) is 13.2 Å². The minimum Gasteiger partial charge on any atom is -0.355 e. The molecule has 2 atom stereocenters. The van der Waals surface area contributed by atoms with Gasteiger partial charge >= 0.3 is 6.18 Å². The maximum absolute atomic E-state index is 13.3. The van der Waals surface area contributed by atoms with Crippen molar-refractivity contribution in [2.45, 2.75) is 6.18 Å². The van der Waals surface area contributed by atoms with Crippen molar-refractivity contribution in [3.05, 3.63) is 45.7 Å². The zero-order chi connectivity index (χ0) is 20.3. The summed E-state index contributed by atoms with van der Waals surface area (Å²) in [5.74, 6) is 1.03. The zero-order valence-corrected chi connectivity index (χ0v) is 16.4. The zero-order valence-electron chi connectivity index (χ0n) is 15.6. The van der Waals surface area contributed by atoms with E-state index in [4.69, 9.17) is 0 Å². The summed E-state index contributed by atoms with van der Waals surface area (Å²) >= 11 is 1.38. The maximum Gasteiger partial charge on any atom is 0.419 e. The standard InChI is InChI=1S/C19H18F3N5OS/c1-25-17(28)15-14(4-6-29-15)24-18(25)27-9-11-7-26(8-12(11)10-27)16-13(19(20,21)22)3-2-5-23-16/h2-6,11-12H,7-10H2,1H3. The van der Waals surface area contributed by atoms with E-state index < -0.39 is 11.7 Å². The quantitative estimate of drug-likeness (QED) is 0.637. The molecule has 5 heterocycles. The number of hydrogen-bond acceptors (Lipinski definition) is 6. The van der Waals surface area contributed by atoms with Gasteiger partial charge in [0.1, 0.15) is 10.5 Å². The number of thiophene rings is 1. The molecular formula is C19H18F3N5OS. The number of halogens is 3. The van der Waals surface area contributed by atoms with E-state index in [0.717, 1.165) is 6.07 Å². The van der Waals surface area contributed by atoms with Crippen molar-refractivity contribution in [2.24, 2.45) is 18.9 Å². The normalized spacial score (nSPS) is 21.9. The third-order valence-electron chi connectivity index (χ3n) is 5.82. The number of nitrogens with zero attached hydrogens (tertiary/aromatic N) is 5. The van der Waals surface area contributed by atoms with E-state index in [-0.39, 0.29) is 23.2 Å². The average Bonchev–Trinajstić information content (AvgIpc) is 3.38. The molecule has 152 valence electrons. The van der Waals surface area contributed by atoms with E-state index in [0.29, 0.717) is 42.3 Å². The van der Waals surface area contributed by atoms with Crippen molar-refractivity contribution in [3.8, 4) is 0 Å². The highest BCUT2D eigenvalue weighted by molar-refractivity contribution is 7.17. The highest BCUT2D eigenvalue weighted by Gasteiger charge is 2.44. The monoisotopic (exact) mass is 421 g/mol. The highest BCUT2D eigenvalue weighted by Crippen LogP contribution is 2.40. The van der Waals surface area contributed by atoms with Crippen molar-refractivity contribution in [3.63, 3.8) is 0 Å². The Balaban J connectivity index is 1.39. The van der Waals surface area contributed by atoms with Crippen molar-refractivity contribution in [2.75, 3.05) is 36.0 Å². The molecule has 0 bridgehead atoms. The first-order valence-corrected chi connectivity index (χ1v) is 10.2. The molecule has 2 unspecified atom stereocenters. The lowest BCUT2D eigenvalue weighted by Crippen LogP contribution is -2.34. The van der Waals surface area contributed by atoms with Crippen LogP contribution in [0.3, 0.4) is 0 Å². The van der Waals surface area contributed by atoms with Gasteiger partial charge in [0.05, 0.1) is 11.1 Å². The fourth-order valence-corrected chi connectivity index (χ4v) is 5.26. The predicted octanol–water partition coefficient (Wildman–Crippen LogP) is 2.98. The second kappa shape index (κ2) is 6.45. The van der Waals surface area contributed by atoms with Crippen LogP contribution in [0.1, 0.15) is 5.56 Å². The summed E-state index contributed by atoms with van der Waals surface area (Å²) in [7, 11) is 1.72. The Kier molecular flexibility index (Phi) is 4.09. The Morgan fingerprint density at radius 2 is 1.79 bits per heavy atom. The highest BCUT2D eigenvalue weighted by atomic mass is 32.1. The van der Waals surface area contributed by atoms with E-state index in [1.54, 1.807) is 16.5 Å². The molecule has 2 aliphatic rings. The Morgan fingerprint density at radius 3 is 2.48 bits per heavy atom. The number of rotatable bonds is 2. The molecular weight excluding hydrogens is 403 g/mol. The summed E-state index contributed by atoms with van der Waals surface area (Å²) in [6.07, 6.45) is -3.02. The van der Waals surface area contributed by atoms with Crippen molar-refractivity contribution in [1.82, 2.24) is 14.5 Å². The Bertz CT molecular complexity index is 1130. The van der Waals surface area contributed by atoms with E-state index in [9.17, 15) is 18.0 Å². The Morgan fingerprint density at radius 1 is 1.10 bits per heavy atom. The molecule has 2 aliphatic heterocycles. The first kappa shape index (κ1) is 18.4. The van der Waals surface area contributed by atoms with Crippen LogP contribution in [0.25, 0.3) is 10.2 Å². The third kappa shape index (κ3) is 2.97. The first-order chi connectivity index (χ1) is 13.8. The average molecular weight is 421 g/mol. The van der Waals surface area contributed by atoms with Crippen LogP contribution >= 0.6 is 11.3 Å². The molecule has 0 aromatic carbocycles. The summed E-state index contributed by atoms with van der Waals surface area (Å²) in [5.41, 5.74) is -0.0686. The van der Waals surface area contributed by atoms with Gasteiger partial charge in [0.15, 0.2) is 0 Å². The van der Waals surface area contributed by atoms with Crippen molar-refractivity contribution >= 4 is 33.3 Å². The lowest BCUT2D eigenvalue weighted by atomic mass is 10.0. The molecule has 0 saturated carbocycles. The van der Waals surface area contributed by atoms with E-state index >= 15 is 0 Å². The van der Waals surface area contributed by atoms with E-state index in [2.05, 4.69) is 14.9 Å². The van der Waals surface area contributed by atoms with Crippen LogP contribution in [-0.4, -0.2) is 40.7 Å². The number of anilines is 2. The third-order valence-corrected chi connectivity index (χ3v) is 6.72. The van der Waals surface area contributed by atoms with Crippen LogP contribution in [0.15, 0.2) is 34.6 Å². The van der Waals surface area contributed by atoms with Crippen LogP contribution < -0.4 is 15.4 Å². The fraction of sp³-hybridized carbons (Fsp3) is 0.421. The summed E-state index contributed by atoms with van der Waals surface area (Å²) in [6.45, 7) is 2.34. The lowest BCUT2D eigenvalue weighted by molar-refractivity contribution is -0.137. The maximum atomic E-state index is 13.3. The molecule has 2 fully saturated rings. The van der Waals surface area contributed by atoms with Crippen LogP contribution in [0, 0.1) is 11.8 Å². The molecule has 29 heavy (non-hydrogen) atoms. The Labute approximate surface area is 168 Å². The molecule has 6 nitrogen and oxygen atoms in total. The molecule has 0 amide bonds.